The number of esters is 2. The van der Waals surface area contributed by atoms with E-state index in [-0.39, 0.29) is 26.1 Å². The Kier molecular flexibility index (Phi) is 75.8. The van der Waals surface area contributed by atoms with Crippen LogP contribution in [0.2, 0.25) is 0 Å². The summed E-state index contributed by atoms with van der Waals surface area (Å²) in [7, 11) is 1.14. The van der Waals surface area contributed by atoms with Crippen LogP contribution in [0.15, 0.2) is 146 Å². The van der Waals surface area contributed by atoms with Crippen LogP contribution in [0.3, 0.4) is 0 Å². The lowest BCUT2D eigenvalue weighted by molar-refractivity contribution is -0.870. The number of ether oxygens (including phenoxy) is 2. The third-order valence-electron chi connectivity index (χ3n) is 17.8. The third kappa shape index (κ3) is 82.8. The maximum Gasteiger partial charge on any atom is 0.306 e. The Bertz CT molecular complexity index is 2210. The highest BCUT2D eigenvalue weighted by Crippen LogP contribution is 2.38. The second kappa shape index (κ2) is 79.0. The quantitative estimate of drug-likeness (QED) is 0.0195. The van der Waals surface area contributed by atoms with Gasteiger partial charge in [0.15, 0.2) is 6.10 Å². The number of allylic oxidation sites excluding steroid dienone is 24. The monoisotopic (exact) mass is 1410 g/mol. The predicted octanol–water partition coefficient (Wildman–Crippen LogP) is 27.4. The first-order valence-electron chi connectivity index (χ1n) is 41.5. The molecule has 0 radical (unpaired) electrons. The van der Waals surface area contributed by atoms with Crippen molar-refractivity contribution in [1.29, 1.82) is 0 Å². The molecule has 0 rings (SSSR count). The fraction of sp³-hybridized carbons (Fsp3) is 0.711. The number of phosphoric ester groups is 1. The van der Waals surface area contributed by atoms with Crippen LogP contribution in [0.4, 0.5) is 0 Å². The summed E-state index contributed by atoms with van der Waals surface area (Å²) in [6.07, 6.45) is 117. The van der Waals surface area contributed by atoms with Crippen LogP contribution in [0.1, 0.15) is 361 Å². The number of nitrogens with zero attached hydrogens (tertiary/aromatic N) is 1. The smallest absolute Gasteiger partial charge is 0.306 e. The number of likely N-dealkylation sites (N-methyl/N-ethyl adjacent to an activating group) is 1. The Balaban J connectivity index is 4.03. The standard InChI is InChI=1S/C90H156NO8P/c1-6-8-10-12-14-16-18-20-22-24-26-28-30-32-34-36-38-40-42-44-45-47-48-50-52-54-56-58-60-62-64-66-68-70-72-74-76-78-80-82-89(92)96-86-88(87-98-100(94,95)97-85-84-91(3,4)5)99-90(93)83-81-79-77-75-73-71-69-67-65-63-61-59-57-55-53-51-49-46-43-41-39-37-35-33-31-29-27-25-23-21-19-17-15-13-11-9-7-2/h9,11,15,17,21,23-24,26-27,29,33,35,39,41,46,49,53,55,59,61,65,67,71,73,88H,6-8,10,12-14,16,18-20,22,25,28,30-32,34,36-38,40,42-45,47-48,50-52,54,56-58,60,62-64,66,68-70,72,74-87H2,1-5H3/b11-9-,17-15-,23-21-,26-24-,29-27-,35-33-,41-39-,49-46-,55-53-,61-59-,67-65-,73-71-. The minimum Gasteiger partial charge on any atom is -0.756 e. The second-order valence-corrected chi connectivity index (χ2v) is 30.2. The molecule has 0 saturated heterocycles. The van der Waals surface area contributed by atoms with Gasteiger partial charge in [-0.15, -0.1) is 0 Å². The summed E-state index contributed by atoms with van der Waals surface area (Å²) in [5, 5.41) is 0. The molecule has 0 spiro atoms. The number of quaternary nitrogens is 1. The van der Waals surface area contributed by atoms with Gasteiger partial charge in [0, 0.05) is 12.8 Å². The molecule has 0 saturated carbocycles. The van der Waals surface area contributed by atoms with Gasteiger partial charge in [-0.3, -0.25) is 14.2 Å². The van der Waals surface area contributed by atoms with E-state index in [0.717, 1.165) is 109 Å². The molecule has 0 heterocycles. The van der Waals surface area contributed by atoms with Gasteiger partial charge in [-0.1, -0.05) is 372 Å². The van der Waals surface area contributed by atoms with Crippen molar-refractivity contribution >= 4 is 19.8 Å². The molecular formula is C90H156NO8P. The molecule has 0 amide bonds. The highest BCUT2D eigenvalue weighted by Gasteiger charge is 2.22. The molecule has 9 nitrogen and oxygen atoms in total. The van der Waals surface area contributed by atoms with Crippen LogP contribution in [0, 0.1) is 0 Å². The van der Waals surface area contributed by atoms with E-state index in [9.17, 15) is 19.0 Å². The lowest BCUT2D eigenvalue weighted by Gasteiger charge is -2.28. The molecule has 0 bridgehead atoms. The van der Waals surface area contributed by atoms with E-state index in [4.69, 9.17) is 18.5 Å². The summed E-state index contributed by atoms with van der Waals surface area (Å²) < 4.78 is 34.4. The average Bonchev–Trinajstić information content (AvgIpc) is 1.02. The Morgan fingerprint density at radius 3 is 0.870 bits per heavy atom. The molecule has 0 aliphatic rings. The van der Waals surface area contributed by atoms with E-state index in [1.165, 1.54) is 218 Å². The van der Waals surface area contributed by atoms with Crippen LogP contribution in [-0.2, 0) is 32.7 Å². The largest absolute Gasteiger partial charge is 0.756 e. The van der Waals surface area contributed by atoms with Crippen molar-refractivity contribution < 1.29 is 42.1 Å². The number of carbonyl (C=O) groups excluding carboxylic acids is 2. The van der Waals surface area contributed by atoms with Gasteiger partial charge in [-0.2, -0.15) is 0 Å². The summed E-state index contributed by atoms with van der Waals surface area (Å²) in [5.41, 5.74) is 0. The number of carbonyl (C=O) groups is 2. The minimum atomic E-state index is -4.67. The van der Waals surface area contributed by atoms with E-state index in [2.05, 4.69) is 160 Å². The normalized spacial score (nSPS) is 13.8. The van der Waals surface area contributed by atoms with Gasteiger partial charge in [-0.25, -0.2) is 0 Å². The van der Waals surface area contributed by atoms with Crippen molar-refractivity contribution in [3.63, 3.8) is 0 Å². The van der Waals surface area contributed by atoms with E-state index in [1.807, 2.05) is 21.1 Å². The number of rotatable bonds is 76. The molecular weight excluding hydrogens is 1250 g/mol. The minimum absolute atomic E-state index is 0.0435. The Labute approximate surface area is 618 Å². The van der Waals surface area contributed by atoms with Crippen molar-refractivity contribution in [1.82, 2.24) is 0 Å². The molecule has 100 heavy (non-hydrogen) atoms. The lowest BCUT2D eigenvalue weighted by Crippen LogP contribution is -2.37. The van der Waals surface area contributed by atoms with Crippen LogP contribution in [0.25, 0.3) is 0 Å². The van der Waals surface area contributed by atoms with Gasteiger partial charge in [0.05, 0.1) is 27.7 Å². The molecule has 10 heteroatoms. The lowest BCUT2D eigenvalue weighted by atomic mass is 10.0. The zero-order valence-corrected chi connectivity index (χ0v) is 66.5. The second-order valence-electron chi connectivity index (χ2n) is 28.8. The molecule has 0 fully saturated rings. The third-order valence-corrected chi connectivity index (χ3v) is 18.8. The zero-order valence-electron chi connectivity index (χ0n) is 65.6. The van der Waals surface area contributed by atoms with E-state index >= 15 is 0 Å². The number of unbranched alkanes of at least 4 members (excludes halogenated alkanes) is 38. The molecule has 0 aromatic rings. The van der Waals surface area contributed by atoms with Crippen molar-refractivity contribution in [2.45, 2.75) is 367 Å². The summed E-state index contributed by atoms with van der Waals surface area (Å²) in [4.78, 5) is 38.2. The zero-order chi connectivity index (χ0) is 72.5. The average molecular weight is 1410 g/mol. The molecule has 574 valence electrons. The highest BCUT2D eigenvalue weighted by atomic mass is 31.2. The van der Waals surface area contributed by atoms with Gasteiger partial charge in [0.1, 0.15) is 19.8 Å². The van der Waals surface area contributed by atoms with Crippen LogP contribution in [-0.4, -0.2) is 70.0 Å². The van der Waals surface area contributed by atoms with Crippen LogP contribution in [0.5, 0.6) is 0 Å². The highest BCUT2D eigenvalue weighted by molar-refractivity contribution is 7.45. The van der Waals surface area contributed by atoms with E-state index in [1.54, 1.807) is 0 Å². The van der Waals surface area contributed by atoms with Crippen molar-refractivity contribution in [2.24, 2.45) is 0 Å². The molecule has 0 aromatic heterocycles. The topological polar surface area (TPSA) is 111 Å². The number of phosphoric acid groups is 1. The van der Waals surface area contributed by atoms with Crippen LogP contribution >= 0.6 is 7.82 Å². The van der Waals surface area contributed by atoms with Gasteiger partial charge in [0.2, 0.25) is 0 Å². The Hall–Kier alpha value is -4.11. The number of hydrogen-bond acceptors (Lipinski definition) is 8. The van der Waals surface area contributed by atoms with Gasteiger partial charge < -0.3 is 27.9 Å². The first kappa shape index (κ1) is 95.9. The maximum absolute atomic E-state index is 12.9. The fourth-order valence-corrected chi connectivity index (χ4v) is 12.3. The maximum atomic E-state index is 12.9. The molecule has 0 N–H and O–H groups in total. The van der Waals surface area contributed by atoms with Gasteiger partial charge >= 0.3 is 11.9 Å². The summed E-state index contributed by atoms with van der Waals surface area (Å²) in [6.45, 7) is 4.11. The predicted molar refractivity (Wildman–Crippen MR) is 434 cm³/mol. The Morgan fingerprint density at radius 2 is 0.570 bits per heavy atom. The Morgan fingerprint density at radius 1 is 0.320 bits per heavy atom. The first-order chi connectivity index (χ1) is 49.0. The molecule has 0 aromatic carbocycles. The summed E-state index contributed by atoms with van der Waals surface area (Å²) in [5.74, 6) is -0.868. The van der Waals surface area contributed by atoms with Crippen LogP contribution < -0.4 is 4.89 Å². The van der Waals surface area contributed by atoms with Crippen molar-refractivity contribution in [3.05, 3.63) is 146 Å². The van der Waals surface area contributed by atoms with E-state index < -0.39 is 32.5 Å². The van der Waals surface area contributed by atoms with Gasteiger partial charge in [-0.05, 0) is 122 Å². The first-order valence-corrected chi connectivity index (χ1v) is 43.0. The molecule has 2 unspecified atom stereocenters. The van der Waals surface area contributed by atoms with Crippen molar-refractivity contribution in [3.8, 4) is 0 Å². The SMILES string of the molecule is CC/C=C\C/C=C\C/C=C\C/C=C\C/C=C\C/C=C\C/C=C\C/C=C\C/C=C\C/C=C\C/C=C\CCCCCC(=O)OC(COC(=O)CCCCCCCCCCCCCCCCCCCCCCCCCCCCC/C=C\CCCCCCCCCC)COP(=O)([O-])OCC[N+](C)(C)C. The molecule has 2 atom stereocenters. The van der Waals surface area contributed by atoms with E-state index in [0.29, 0.717) is 17.4 Å². The number of hydrogen-bond donors (Lipinski definition) is 0. The molecule has 0 aliphatic carbocycles. The fourth-order valence-electron chi connectivity index (χ4n) is 11.5. The van der Waals surface area contributed by atoms with Crippen molar-refractivity contribution in [2.75, 3.05) is 47.5 Å². The van der Waals surface area contributed by atoms with Gasteiger partial charge in [0.25, 0.3) is 7.82 Å². The summed E-state index contributed by atoms with van der Waals surface area (Å²) in [6, 6.07) is 0. The summed E-state index contributed by atoms with van der Waals surface area (Å²) >= 11 is 0. The molecule has 0 aliphatic heterocycles.